The van der Waals surface area contributed by atoms with Gasteiger partial charge in [0.15, 0.2) is 17.5 Å². The molecule has 4 aromatic rings. The summed E-state index contributed by atoms with van der Waals surface area (Å²) in [4.78, 5) is 14.4. The number of ether oxygens (including phenoxy) is 3. The van der Waals surface area contributed by atoms with Crippen LogP contribution >= 0.6 is 0 Å². The van der Waals surface area contributed by atoms with Crippen LogP contribution in [0.15, 0.2) is 60.7 Å². The molecule has 0 aliphatic carbocycles. The van der Waals surface area contributed by atoms with Crippen LogP contribution in [0.5, 0.6) is 23.0 Å². The Balaban J connectivity index is 0.00000319. The van der Waals surface area contributed by atoms with Crippen molar-refractivity contribution in [1.29, 1.82) is 0 Å². The van der Waals surface area contributed by atoms with E-state index in [1.54, 1.807) is 24.3 Å². The minimum Gasteiger partial charge on any atom is -0.507 e. The normalized spacial score (nSPS) is 10.7. The van der Waals surface area contributed by atoms with Gasteiger partial charge in [-0.25, -0.2) is 19.3 Å². The lowest BCUT2D eigenvalue weighted by molar-refractivity contribution is 0.291. The first-order chi connectivity index (χ1) is 24.0. The van der Waals surface area contributed by atoms with E-state index in [4.69, 9.17) is 29.2 Å². The van der Waals surface area contributed by atoms with Gasteiger partial charge in [0.2, 0.25) is 0 Å². The molecule has 1 heterocycles. The largest absolute Gasteiger partial charge is 0.507 e. The molecule has 266 valence electrons. The van der Waals surface area contributed by atoms with Gasteiger partial charge >= 0.3 is 0 Å². The van der Waals surface area contributed by atoms with Gasteiger partial charge in [0, 0.05) is 17.7 Å². The molecular formula is C41H56FN3O4. The molecule has 7 nitrogen and oxygen atoms in total. The summed E-state index contributed by atoms with van der Waals surface area (Å²) < 4.78 is 32.1. The van der Waals surface area contributed by atoms with Gasteiger partial charge in [-0.15, -0.1) is 0 Å². The maximum absolute atomic E-state index is 13.8. The van der Waals surface area contributed by atoms with Crippen molar-refractivity contribution < 1.29 is 23.7 Å². The number of hydrogen-bond donors (Lipinski definition) is 1. The van der Waals surface area contributed by atoms with Crippen molar-refractivity contribution in [1.82, 2.24) is 15.0 Å². The molecule has 0 amide bonds. The molecule has 0 aliphatic rings. The van der Waals surface area contributed by atoms with Gasteiger partial charge < -0.3 is 19.3 Å². The number of halogens is 1. The van der Waals surface area contributed by atoms with Gasteiger partial charge in [0.25, 0.3) is 0 Å². The van der Waals surface area contributed by atoms with E-state index in [-0.39, 0.29) is 17.4 Å². The maximum atomic E-state index is 13.8. The highest BCUT2D eigenvalue weighted by molar-refractivity contribution is 5.73. The monoisotopic (exact) mass is 673 g/mol. The number of aromatic hydroxyl groups is 1. The minimum absolute atomic E-state index is 0.00233. The Labute approximate surface area is 293 Å². The number of rotatable bonds is 21. The predicted molar refractivity (Wildman–Crippen MR) is 198 cm³/mol. The summed E-state index contributed by atoms with van der Waals surface area (Å²) in [6.45, 7) is 12.3. The van der Waals surface area contributed by atoms with Crippen LogP contribution in [0, 0.1) is 5.82 Å². The molecule has 0 fully saturated rings. The van der Waals surface area contributed by atoms with E-state index in [9.17, 15) is 9.50 Å². The molecule has 0 atom stereocenters. The lowest BCUT2D eigenvalue weighted by atomic mass is 10.1. The second-order valence-corrected chi connectivity index (χ2v) is 11.9. The van der Waals surface area contributed by atoms with Crippen molar-refractivity contribution >= 4 is 0 Å². The summed E-state index contributed by atoms with van der Waals surface area (Å²) >= 11 is 0. The zero-order chi connectivity index (χ0) is 35.3. The molecule has 0 saturated carbocycles. The predicted octanol–water partition coefficient (Wildman–Crippen LogP) is 11.6. The third kappa shape index (κ3) is 13.0. The summed E-state index contributed by atoms with van der Waals surface area (Å²) in [6.07, 6.45) is 13.2. The second-order valence-electron chi connectivity index (χ2n) is 11.9. The molecule has 3 aromatic carbocycles. The van der Waals surface area contributed by atoms with E-state index in [1.807, 2.05) is 38.1 Å². The molecule has 0 spiro atoms. The molecule has 1 aromatic heterocycles. The van der Waals surface area contributed by atoms with E-state index in [1.165, 1.54) is 31.4 Å². The summed E-state index contributed by atoms with van der Waals surface area (Å²) in [5.41, 5.74) is 1.73. The van der Waals surface area contributed by atoms with Crippen LogP contribution in [0.4, 0.5) is 4.39 Å². The number of phenols is 1. The first kappa shape index (κ1) is 39.2. The number of nitrogens with zero attached hydrogens (tertiary/aromatic N) is 3. The van der Waals surface area contributed by atoms with Gasteiger partial charge in [-0.3, -0.25) is 0 Å². The number of aromatic nitrogens is 3. The lowest BCUT2D eigenvalue weighted by Gasteiger charge is -2.15. The van der Waals surface area contributed by atoms with E-state index in [0.29, 0.717) is 59.7 Å². The Hall–Kier alpha value is -4.20. The summed E-state index contributed by atoms with van der Waals surface area (Å²) in [6, 6.07) is 16.9. The van der Waals surface area contributed by atoms with Crippen LogP contribution in [-0.2, 0) is 0 Å². The average molecular weight is 674 g/mol. The molecule has 1 N–H and O–H groups in total. The van der Waals surface area contributed by atoms with Crippen LogP contribution < -0.4 is 14.2 Å². The van der Waals surface area contributed by atoms with Crippen molar-refractivity contribution in [2.24, 2.45) is 0 Å². The first-order valence-electron chi connectivity index (χ1n) is 18.4. The molecule has 0 radical (unpaired) electrons. The molecule has 4 rings (SSSR count). The number of hydrogen-bond acceptors (Lipinski definition) is 7. The molecule has 0 saturated heterocycles. The standard InChI is InChI=1S/C39H50FN3O4.C2H6/c1-4-7-10-13-24-45-31-20-22-33(35(44)27-31)38-41-37(29-16-18-30(40)19-17-29)42-39(43-38)34-23-21-32(46-25-14-11-8-5-2)28-36(34)47-26-15-12-9-6-3;1-2/h16-23,27-28,44H,4-15,24-26H2,1-3H3;1-2H3. The average Bonchev–Trinajstić information content (AvgIpc) is 3.12. The molecule has 0 bridgehead atoms. The highest BCUT2D eigenvalue weighted by Crippen LogP contribution is 2.36. The van der Waals surface area contributed by atoms with Crippen molar-refractivity contribution in [3.8, 4) is 57.2 Å². The van der Waals surface area contributed by atoms with Gasteiger partial charge in [-0.05, 0) is 67.8 Å². The Morgan fingerprint density at radius 3 is 1.53 bits per heavy atom. The smallest absolute Gasteiger partial charge is 0.167 e. The van der Waals surface area contributed by atoms with Crippen LogP contribution in [0.2, 0.25) is 0 Å². The van der Waals surface area contributed by atoms with Gasteiger partial charge in [-0.2, -0.15) is 0 Å². The highest BCUT2D eigenvalue weighted by Gasteiger charge is 2.19. The van der Waals surface area contributed by atoms with E-state index in [0.717, 1.165) is 63.5 Å². The van der Waals surface area contributed by atoms with E-state index < -0.39 is 0 Å². The number of unbranched alkanes of at least 4 members (excludes halogenated alkanes) is 9. The summed E-state index contributed by atoms with van der Waals surface area (Å²) in [7, 11) is 0. The Morgan fingerprint density at radius 1 is 0.531 bits per heavy atom. The highest BCUT2D eigenvalue weighted by atomic mass is 19.1. The fraction of sp³-hybridized carbons (Fsp3) is 0.488. The molecule has 49 heavy (non-hydrogen) atoms. The summed E-state index contributed by atoms with van der Waals surface area (Å²) in [5, 5.41) is 11.1. The van der Waals surface area contributed by atoms with Crippen LogP contribution in [0.25, 0.3) is 34.2 Å². The van der Waals surface area contributed by atoms with Crippen molar-refractivity contribution in [3.05, 3.63) is 66.5 Å². The molecular weight excluding hydrogens is 617 g/mol. The van der Waals surface area contributed by atoms with Gasteiger partial charge in [-0.1, -0.05) is 92.4 Å². The van der Waals surface area contributed by atoms with Crippen molar-refractivity contribution in [3.63, 3.8) is 0 Å². The minimum atomic E-state index is -0.352. The third-order valence-corrected chi connectivity index (χ3v) is 7.93. The third-order valence-electron chi connectivity index (χ3n) is 7.93. The molecule has 0 aliphatic heterocycles. The molecule has 0 unspecified atom stereocenters. The van der Waals surface area contributed by atoms with E-state index >= 15 is 0 Å². The fourth-order valence-electron chi connectivity index (χ4n) is 5.18. The maximum Gasteiger partial charge on any atom is 0.167 e. The lowest BCUT2D eigenvalue weighted by Crippen LogP contribution is -2.04. The van der Waals surface area contributed by atoms with Gasteiger partial charge in [0.05, 0.1) is 30.9 Å². The van der Waals surface area contributed by atoms with Crippen LogP contribution in [0.3, 0.4) is 0 Å². The van der Waals surface area contributed by atoms with Crippen molar-refractivity contribution in [2.45, 2.75) is 112 Å². The number of benzene rings is 3. The fourth-order valence-corrected chi connectivity index (χ4v) is 5.18. The van der Waals surface area contributed by atoms with Crippen molar-refractivity contribution in [2.75, 3.05) is 19.8 Å². The second kappa shape index (κ2) is 22.4. The first-order valence-corrected chi connectivity index (χ1v) is 18.4. The molecule has 8 heteroatoms. The zero-order valence-corrected chi connectivity index (χ0v) is 30.3. The topological polar surface area (TPSA) is 86.6 Å². The summed E-state index contributed by atoms with van der Waals surface area (Å²) in [5.74, 6) is 2.59. The van der Waals surface area contributed by atoms with E-state index in [2.05, 4.69) is 20.8 Å². The van der Waals surface area contributed by atoms with Crippen LogP contribution in [0.1, 0.15) is 112 Å². The Kier molecular flexibility index (Phi) is 18.0. The quantitative estimate of drug-likeness (QED) is 0.0881. The Morgan fingerprint density at radius 2 is 1.00 bits per heavy atom. The zero-order valence-electron chi connectivity index (χ0n) is 30.3. The van der Waals surface area contributed by atoms with Crippen LogP contribution in [-0.4, -0.2) is 39.9 Å². The SMILES string of the molecule is CC.CCCCCCOc1ccc(-c2nc(-c3ccc(F)cc3)nc(-c3ccc(OCCCCCC)cc3OCCCCCC)n2)c(O)c1. The Bertz CT molecular complexity index is 1510. The van der Waals surface area contributed by atoms with Gasteiger partial charge in [0.1, 0.15) is 28.8 Å². The number of phenolic OH excluding ortho intramolecular Hbond substituents is 1.